The van der Waals surface area contributed by atoms with Crippen LogP contribution < -0.4 is 5.32 Å². The second-order valence-electron chi connectivity index (χ2n) is 5.27. The normalized spacial score (nSPS) is 23.0. The first kappa shape index (κ1) is 16.5. The van der Waals surface area contributed by atoms with E-state index in [-0.39, 0.29) is 18.4 Å². The van der Waals surface area contributed by atoms with E-state index < -0.39 is 6.23 Å². The Bertz CT molecular complexity index is 623. The molecule has 1 aromatic heterocycles. The minimum atomic E-state index is -0.452. The van der Waals surface area contributed by atoms with Gasteiger partial charge in [0.15, 0.2) is 0 Å². The zero-order valence-electron chi connectivity index (χ0n) is 11.8. The lowest BCUT2D eigenvalue weighted by atomic mass is 10.1. The van der Waals surface area contributed by atoms with Gasteiger partial charge in [-0.3, -0.25) is 9.88 Å². The molecule has 0 saturated carbocycles. The fraction of sp³-hybridized carbons (Fsp3) is 0.400. The number of nitrogens with one attached hydrogen (secondary N) is 1. The number of piperazine rings is 1. The molecule has 1 saturated heterocycles. The van der Waals surface area contributed by atoms with Gasteiger partial charge in [0.2, 0.25) is 0 Å². The number of pyridine rings is 1. The van der Waals surface area contributed by atoms with Crippen molar-refractivity contribution in [2.75, 3.05) is 13.1 Å². The zero-order chi connectivity index (χ0) is 14.1. The van der Waals surface area contributed by atoms with Gasteiger partial charge < -0.3 is 10.4 Å². The highest BCUT2D eigenvalue weighted by molar-refractivity contribution is 6.35. The van der Waals surface area contributed by atoms with Gasteiger partial charge in [-0.2, -0.15) is 0 Å². The summed E-state index contributed by atoms with van der Waals surface area (Å²) < 4.78 is 0. The maximum Gasteiger partial charge on any atom is 0.122 e. The standard InChI is InChI=1S/C15H18ClN3O.ClH/c1-10-15(20)19(7-6-17-10)9-11-2-3-12-13(16)4-5-18-14(12)8-11;/h2-5,8,10,15,17,20H,6-7,9H2,1H3;1H/t10-,15?;/m0./s1. The Morgan fingerprint density at radius 3 is 3.05 bits per heavy atom. The second kappa shape index (κ2) is 6.90. The number of benzene rings is 1. The summed E-state index contributed by atoms with van der Waals surface area (Å²) >= 11 is 6.14. The average Bonchev–Trinajstić information content (AvgIpc) is 2.44. The van der Waals surface area contributed by atoms with Crippen molar-refractivity contribution in [3.63, 3.8) is 0 Å². The maximum absolute atomic E-state index is 10.2. The zero-order valence-corrected chi connectivity index (χ0v) is 13.4. The van der Waals surface area contributed by atoms with Crippen LogP contribution in [-0.4, -0.2) is 40.3 Å². The van der Waals surface area contributed by atoms with Crippen LogP contribution in [0.4, 0.5) is 0 Å². The minimum absolute atomic E-state index is 0. The number of aromatic nitrogens is 1. The van der Waals surface area contributed by atoms with Gasteiger partial charge >= 0.3 is 0 Å². The molecule has 4 nitrogen and oxygen atoms in total. The molecule has 1 unspecified atom stereocenters. The highest BCUT2D eigenvalue weighted by Gasteiger charge is 2.25. The van der Waals surface area contributed by atoms with Crippen LogP contribution >= 0.6 is 24.0 Å². The summed E-state index contributed by atoms with van der Waals surface area (Å²) in [5.74, 6) is 0. The fourth-order valence-corrected chi connectivity index (χ4v) is 2.87. The highest BCUT2D eigenvalue weighted by Crippen LogP contribution is 2.23. The number of fused-ring (bicyclic) bond motifs is 1. The summed E-state index contributed by atoms with van der Waals surface area (Å²) in [4.78, 5) is 6.43. The molecular formula is C15H19Cl2N3O. The monoisotopic (exact) mass is 327 g/mol. The molecule has 0 spiro atoms. The van der Waals surface area contributed by atoms with E-state index >= 15 is 0 Å². The van der Waals surface area contributed by atoms with Crippen molar-refractivity contribution in [3.05, 3.63) is 41.0 Å². The van der Waals surface area contributed by atoms with Crippen LogP contribution in [0.3, 0.4) is 0 Å². The lowest BCUT2D eigenvalue weighted by Gasteiger charge is -2.37. The van der Waals surface area contributed by atoms with Crippen LogP contribution in [0.1, 0.15) is 12.5 Å². The van der Waals surface area contributed by atoms with E-state index in [4.69, 9.17) is 11.6 Å². The Morgan fingerprint density at radius 1 is 1.43 bits per heavy atom. The topological polar surface area (TPSA) is 48.4 Å². The van der Waals surface area contributed by atoms with Crippen LogP contribution in [0.25, 0.3) is 10.9 Å². The Hall–Kier alpha value is -0.910. The molecule has 2 N–H and O–H groups in total. The molecule has 6 heteroatoms. The summed E-state index contributed by atoms with van der Waals surface area (Å²) in [6.07, 6.45) is 1.27. The van der Waals surface area contributed by atoms with Gasteiger partial charge in [0.1, 0.15) is 6.23 Å². The lowest BCUT2D eigenvalue weighted by molar-refractivity contribution is -0.0448. The second-order valence-corrected chi connectivity index (χ2v) is 5.68. The third-order valence-electron chi connectivity index (χ3n) is 3.83. The first-order chi connectivity index (χ1) is 9.65. The van der Waals surface area contributed by atoms with E-state index in [1.807, 2.05) is 19.1 Å². The van der Waals surface area contributed by atoms with E-state index in [0.29, 0.717) is 0 Å². The quantitative estimate of drug-likeness (QED) is 0.889. The third kappa shape index (κ3) is 3.47. The number of aliphatic hydroxyl groups excluding tert-OH is 1. The number of hydrogen-bond donors (Lipinski definition) is 2. The Morgan fingerprint density at radius 2 is 2.24 bits per heavy atom. The van der Waals surface area contributed by atoms with Crippen molar-refractivity contribution in [2.45, 2.75) is 25.7 Å². The summed E-state index contributed by atoms with van der Waals surface area (Å²) in [5.41, 5.74) is 2.04. The van der Waals surface area contributed by atoms with E-state index in [0.717, 1.165) is 41.1 Å². The van der Waals surface area contributed by atoms with Crippen molar-refractivity contribution < 1.29 is 5.11 Å². The van der Waals surface area contributed by atoms with Gasteiger partial charge in [-0.15, -0.1) is 12.4 Å². The molecule has 3 rings (SSSR count). The van der Waals surface area contributed by atoms with Gasteiger partial charge in [0.05, 0.1) is 10.5 Å². The van der Waals surface area contributed by atoms with Gasteiger partial charge in [-0.1, -0.05) is 23.7 Å². The number of aliphatic hydroxyl groups is 1. The molecule has 1 aliphatic heterocycles. The lowest BCUT2D eigenvalue weighted by Crippen LogP contribution is -2.56. The van der Waals surface area contributed by atoms with Gasteiger partial charge in [0, 0.05) is 37.3 Å². The van der Waals surface area contributed by atoms with E-state index in [9.17, 15) is 5.11 Å². The Labute approximate surface area is 135 Å². The van der Waals surface area contributed by atoms with E-state index in [2.05, 4.69) is 21.3 Å². The molecule has 1 fully saturated rings. The van der Waals surface area contributed by atoms with E-state index in [1.54, 1.807) is 12.3 Å². The number of rotatable bonds is 2. The summed E-state index contributed by atoms with van der Waals surface area (Å²) in [6, 6.07) is 7.98. The molecule has 1 aliphatic rings. The van der Waals surface area contributed by atoms with Crippen LogP contribution in [0.15, 0.2) is 30.5 Å². The molecule has 0 radical (unpaired) electrons. The largest absolute Gasteiger partial charge is 0.377 e. The first-order valence-electron chi connectivity index (χ1n) is 6.84. The molecule has 2 atom stereocenters. The van der Waals surface area contributed by atoms with Crippen molar-refractivity contribution in [1.82, 2.24) is 15.2 Å². The summed E-state index contributed by atoms with van der Waals surface area (Å²) in [7, 11) is 0. The molecule has 0 bridgehead atoms. The predicted octanol–water partition coefficient (Wildman–Crippen LogP) is 2.42. The molecule has 0 aliphatic carbocycles. The maximum atomic E-state index is 10.2. The van der Waals surface area contributed by atoms with Crippen LogP contribution in [0.2, 0.25) is 5.02 Å². The summed E-state index contributed by atoms with van der Waals surface area (Å²) in [5, 5.41) is 15.1. The third-order valence-corrected chi connectivity index (χ3v) is 4.16. The van der Waals surface area contributed by atoms with Crippen LogP contribution in [0.5, 0.6) is 0 Å². The smallest absolute Gasteiger partial charge is 0.122 e. The van der Waals surface area contributed by atoms with Gasteiger partial charge in [0.25, 0.3) is 0 Å². The fourth-order valence-electron chi connectivity index (χ4n) is 2.65. The van der Waals surface area contributed by atoms with Gasteiger partial charge in [-0.25, -0.2) is 0 Å². The minimum Gasteiger partial charge on any atom is -0.377 e. The highest BCUT2D eigenvalue weighted by atomic mass is 35.5. The Balaban J connectivity index is 0.00000161. The van der Waals surface area contributed by atoms with Crippen LogP contribution in [0, 0.1) is 0 Å². The predicted molar refractivity (Wildman–Crippen MR) is 87.9 cm³/mol. The van der Waals surface area contributed by atoms with Crippen LogP contribution in [-0.2, 0) is 6.54 Å². The molecule has 21 heavy (non-hydrogen) atoms. The SMILES string of the molecule is C[C@@H]1NCCN(Cc2ccc3c(Cl)ccnc3c2)C1O.Cl. The van der Waals surface area contributed by atoms with Crippen molar-refractivity contribution in [3.8, 4) is 0 Å². The molecule has 2 aromatic rings. The molecule has 2 heterocycles. The average molecular weight is 328 g/mol. The molecule has 1 aromatic carbocycles. The number of hydrogen-bond acceptors (Lipinski definition) is 4. The molecule has 114 valence electrons. The van der Waals surface area contributed by atoms with E-state index in [1.165, 1.54) is 0 Å². The van der Waals surface area contributed by atoms with Gasteiger partial charge in [-0.05, 0) is 24.6 Å². The van der Waals surface area contributed by atoms with Crippen molar-refractivity contribution in [2.24, 2.45) is 0 Å². The molecule has 0 amide bonds. The number of halogens is 2. The van der Waals surface area contributed by atoms with Crippen molar-refractivity contribution in [1.29, 1.82) is 0 Å². The van der Waals surface area contributed by atoms with Crippen molar-refractivity contribution >= 4 is 34.9 Å². The molecular weight excluding hydrogens is 309 g/mol. The number of nitrogens with zero attached hydrogens (tertiary/aromatic N) is 2. The Kier molecular flexibility index (Phi) is 5.41. The first-order valence-corrected chi connectivity index (χ1v) is 7.21. The summed E-state index contributed by atoms with van der Waals surface area (Å²) in [6.45, 7) is 4.46.